The summed E-state index contributed by atoms with van der Waals surface area (Å²) in [6, 6.07) is 16.1. The number of hydrogen-bond donors (Lipinski definition) is 1. The van der Waals surface area contributed by atoms with Gasteiger partial charge in [0.2, 0.25) is 5.71 Å². The first-order valence-electron chi connectivity index (χ1n) is 14.6. The summed E-state index contributed by atoms with van der Waals surface area (Å²) >= 11 is 1.64. The molecular formula is C32H35IrN2O3S-. The molecule has 0 fully saturated rings. The van der Waals surface area contributed by atoms with Gasteiger partial charge in [0.05, 0.1) is 21.6 Å². The van der Waals surface area contributed by atoms with E-state index in [4.69, 9.17) is 13.5 Å². The van der Waals surface area contributed by atoms with Crippen LogP contribution in [0.3, 0.4) is 0 Å². The van der Waals surface area contributed by atoms with Crippen LogP contribution in [0.4, 0.5) is 0 Å². The molecule has 0 bridgehead atoms. The molecular weight excluding hydrogens is 685 g/mol. The minimum Gasteiger partial charge on any atom is -0.512 e. The number of rotatable bonds is 8. The van der Waals surface area contributed by atoms with Gasteiger partial charge in [0, 0.05) is 53.2 Å². The molecule has 5 aromatic rings. The molecule has 0 aliphatic carbocycles. The van der Waals surface area contributed by atoms with E-state index in [1.54, 1.807) is 17.4 Å². The van der Waals surface area contributed by atoms with Crippen molar-refractivity contribution in [3.8, 4) is 11.3 Å². The van der Waals surface area contributed by atoms with Gasteiger partial charge in [-0.25, -0.2) is 4.98 Å². The number of allylic oxidation sites excluding steroid dienone is 2. The van der Waals surface area contributed by atoms with Crippen LogP contribution in [0.2, 0.25) is 0 Å². The van der Waals surface area contributed by atoms with Crippen molar-refractivity contribution in [2.75, 3.05) is 0 Å². The maximum absolute atomic E-state index is 11.7. The molecule has 0 unspecified atom stereocenters. The van der Waals surface area contributed by atoms with E-state index in [2.05, 4.69) is 11.1 Å². The smallest absolute Gasteiger partial charge is 0.216 e. The summed E-state index contributed by atoms with van der Waals surface area (Å²) in [5.41, 5.74) is 3.37. The molecule has 39 heavy (non-hydrogen) atoms. The number of ketones is 1. The molecule has 0 aliphatic heterocycles. The Balaban J connectivity index is 0.000000263. The summed E-state index contributed by atoms with van der Waals surface area (Å²) in [5.74, 6) is 0.547. The number of furan rings is 1. The average molecular weight is 723 g/mol. The molecule has 5 nitrogen and oxygen atoms in total. The van der Waals surface area contributed by atoms with Gasteiger partial charge in [-0.1, -0.05) is 44.7 Å². The number of thiophene rings is 1. The Morgan fingerprint density at radius 2 is 1.77 bits per heavy atom. The van der Waals surface area contributed by atoms with E-state index in [1.165, 1.54) is 12.1 Å². The molecule has 0 saturated heterocycles. The Morgan fingerprint density at radius 3 is 2.46 bits per heavy atom. The van der Waals surface area contributed by atoms with Crippen LogP contribution in [0.15, 0.2) is 64.1 Å². The Kier molecular flexibility index (Phi) is 9.45. The number of aromatic nitrogens is 2. The third-order valence-corrected chi connectivity index (χ3v) is 7.81. The van der Waals surface area contributed by atoms with Crippen LogP contribution in [0.25, 0.3) is 43.5 Å². The van der Waals surface area contributed by atoms with Crippen LogP contribution < -0.4 is 0 Å². The second-order valence-corrected chi connectivity index (χ2v) is 10.2. The van der Waals surface area contributed by atoms with Crippen molar-refractivity contribution in [2.45, 2.75) is 60.2 Å². The Morgan fingerprint density at radius 1 is 1.03 bits per heavy atom. The molecule has 0 amide bonds. The monoisotopic (exact) mass is 723 g/mol. The van der Waals surface area contributed by atoms with Crippen LogP contribution in [-0.2, 0) is 24.9 Å². The minimum absolute atomic E-state index is 0. The standard InChI is InChI=1S/C19H11N2OS.C13H24O2.Ir/c1-11-5-6-13-12-3-2-4-14(18(12)22-19(13)20-11)15-7-8-17-16(21-15)9-10-23-17;1-5-10(6-2)12(14)9-13(15)11(7-3)8-4;/h2-3,5-10H,1H3;9-11,14H,5-8H2,1-4H3;/q-1;;/b;12-9-;/i1D3;;. The molecule has 0 saturated carbocycles. The van der Waals surface area contributed by atoms with E-state index >= 15 is 0 Å². The van der Waals surface area contributed by atoms with Gasteiger partial charge in [0.1, 0.15) is 0 Å². The number of hydrogen-bond acceptors (Lipinski definition) is 6. The zero-order valence-corrected chi connectivity index (χ0v) is 25.8. The zero-order valence-electron chi connectivity index (χ0n) is 25.6. The number of carbonyl (C=O) groups is 1. The van der Waals surface area contributed by atoms with Gasteiger partial charge in [0.15, 0.2) is 5.78 Å². The zero-order chi connectivity index (χ0) is 29.7. The van der Waals surface area contributed by atoms with Crippen LogP contribution in [0.1, 0.15) is 63.2 Å². The van der Waals surface area contributed by atoms with Gasteiger partial charge in [-0.3, -0.25) is 9.78 Å². The molecule has 4 heterocycles. The number of carbonyl (C=O) groups excluding carboxylic acids is 1. The first-order valence-corrected chi connectivity index (χ1v) is 14.0. The Hall–Kier alpha value is -2.86. The molecule has 4 aromatic heterocycles. The van der Waals surface area contributed by atoms with Crippen LogP contribution in [-0.4, -0.2) is 20.9 Å². The number of aliphatic hydroxyl groups excluding tert-OH is 1. The van der Waals surface area contributed by atoms with Crippen LogP contribution in [0, 0.1) is 24.8 Å². The van der Waals surface area contributed by atoms with Crippen molar-refractivity contribution in [3.63, 3.8) is 0 Å². The number of fused-ring (bicyclic) bond motifs is 4. The topological polar surface area (TPSA) is 76.2 Å². The van der Waals surface area contributed by atoms with Crippen molar-refractivity contribution < 1.29 is 38.5 Å². The molecule has 1 N–H and O–H groups in total. The van der Waals surface area contributed by atoms with Crippen molar-refractivity contribution >= 4 is 49.4 Å². The quantitative estimate of drug-likeness (QED) is 0.0982. The van der Waals surface area contributed by atoms with Crippen LogP contribution >= 0.6 is 11.3 Å². The third kappa shape index (κ3) is 6.84. The maximum Gasteiger partial charge on any atom is 0.216 e. The molecule has 1 aromatic carbocycles. The van der Waals surface area contributed by atoms with Crippen LogP contribution in [0.5, 0.6) is 0 Å². The van der Waals surface area contributed by atoms with Gasteiger partial charge in [-0.05, 0) is 67.9 Å². The molecule has 0 atom stereocenters. The van der Waals surface area contributed by atoms with Crippen molar-refractivity contribution in [2.24, 2.45) is 11.8 Å². The number of pyridine rings is 2. The summed E-state index contributed by atoms with van der Waals surface area (Å²) in [4.78, 5) is 20.6. The largest absolute Gasteiger partial charge is 0.512 e. The SMILES string of the molecule is CCC(CC)C(=O)/C=C(\O)C(CC)CC.[2H]C([2H])([2H])c1ccc2c(n1)oc1c(-c3ccc4sccc4n3)[c-]ccc12.[Ir]. The van der Waals surface area contributed by atoms with Gasteiger partial charge < -0.3 is 9.52 Å². The van der Waals surface area contributed by atoms with E-state index in [1.807, 2.05) is 63.4 Å². The van der Waals surface area contributed by atoms with Crippen molar-refractivity contribution in [1.82, 2.24) is 9.97 Å². The van der Waals surface area contributed by atoms with E-state index in [-0.39, 0.29) is 49.2 Å². The number of aliphatic hydroxyl groups is 1. The van der Waals surface area contributed by atoms with Gasteiger partial charge in [0.25, 0.3) is 0 Å². The fourth-order valence-corrected chi connectivity index (χ4v) is 5.31. The second-order valence-electron chi connectivity index (χ2n) is 9.25. The van der Waals surface area contributed by atoms with E-state index in [0.29, 0.717) is 11.3 Å². The third-order valence-electron chi connectivity index (χ3n) is 6.94. The molecule has 207 valence electrons. The summed E-state index contributed by atoms with van der Waals surface area (Å²) < 4.78 is 29.7. The molecule has 5 rings (SSSR count). The van der Waals surface area contributed by atoms with Gasteiger partial charge in [-0.2, -0.15) is 0 Å². The number of nitrogens with zero attached hydrogens (tertiary/aromatic N) is 2. The predicted molar refractivity (Wildman–Crippen MR) is 158 cm³/mol. The fraction of sp³-hybridized carbons (Fsp3) is 0.344. The Bertz CT molecular complexity index is 1690. The fourth-order valence-electron chi connectivity index (χ4n) is 4.58. The first kappa shape index (κ1) is 26.4. The molecule has 0 spiro atoms. The maximum atomic E-state index is 11.7. The number of aryl methyl sites for hydroxylation is 1. The summed E-state index contributed by atoms with van der Waals surface area (Å²) in [6.07, 6.45) is 4.91. The van der Waals surface area contributed by atoms with Gasteiger partial charge in [-0.15, -0.1) is 29.5 Å². The average Bonchev–Trinajstić information content (AvgIpc) is 3.58. The molecule has 1 radical (unpaired) electrons. The minimum atomic E-state index is -2.27. The summed E-state index contributed by atoms with van der Waals surface area (Å²) in [5, 5.41) is 13.4. The van der Waals surface area contributed by atoms with Gasteiger partial charge >= 0.3 is 0 Å². The van der Waals surface area contributed by atoms with E-state index < -0.39 is 6.85 Å². The van der Waals surface area contributed by atoms with E-state index in [0.717, 1.165) is 57.9 Å². The Labute approximate surface area is 251 Å². The normalized spacial score (nSPS) is 13.2. The van der Waals surface area contributed by atoms with Crippen molar-refractivity contribution in [3.05, 3.63) is 71.4 Å². The van der Waals surface area contributed by atoms with Crippen molar-refractivity contribution in [1.29, 1.82) is 0 Å². The second kappa shape index (κ2) is 14.0. The molecule has 7 heteroatoms. The van der Waals surface area contributed by atoms with E-state index in [9.17, 15) is 9.90 Å². The summed E-state index contributed by atoms with van der Waals surface area (Å²) in [6.45, 7) is 5.80. The predicted octanol–water partition coefficient (Wildman–Crippen LogP) is 9.23. The summed E-state index contributed by atoms with van der Waals surface area (Å²) in [7, 11) is 0. The molecule has 0 aliphatic rings. The number of benzene rings is 1. The first-order chi connectivity index (χ1) is 19.6.